The van der Waals surface area contributed by atoms with Crippen LogP contribution in [0.4, 0.5) is 0 Å². The number of nitrogens with zero attached hydrogens (tertiary/aromatic N) is 1. The van der Waals surface area contributed by atoms with E-state index in [0.29, 0.717) is 6.54 Å². The molecular formula is C12H18BrClN2O2. The van der Waals surface area contributed by atoms with Gasteiger partial charge in [-0.25, -0.2) is 0 Å². The number of hydrogen-bond donors (Lipinski definition) is 1. The van der Waals surface area contributed by atoms with Gasteiger partial charge in [0.1, 0.15) is 6.10 Å². The number of carbonyl (C=O) groups is 1. The Morgan fingerprint density at radius 2 is 2.11 bits per heavy atom. The normalized spacial score (nSPS) is 11.6. The second kappa shape index (κ2) is 8.48. The molecule has 1 aromatic rings. The number of hydrogen-bond acceptors (Lipinski definition) is 3. The van der Waals surface area contributed by atoms with E-state index >= 15 is 0 Å². The molecule has 0 bridgehead atoms. The second-order valence-electron chi connectivity index (χ2n) is 3.75. The van der Waals surface area contributed by atoms with Crippen molar-refractivity contribution in [2.24, 2.45) is 5.73 Å². The summed E-state index contributed by atoms with van der Waals surface area (Å²) in [5.41, 5.74) is 6.51. The Labute approximate surface area is 122 Å². The third kappa shape index (κ3) is 4.57. The first kappa shape index (κ1) is 17.4. The van der Waals surface area contributed by atoms with Crippen LogP contribution < -0.4 is 5.73 Å². The summed E-state index contributed by atoms with van der Waals surface area (Å²) >= 11 is 3.45. The van der Waals surface area contributed by atoms with Gasteiger partial charge in [-0.1, -0.05) is 34.1 Å². The van der Waals surface area contributed by atoms with Crippen LogP contribution in [0.5, 0.6) is 0 Å². The van der Waals surface area contributed by atoms with E-state index in [-0.39, 0.29) is 24.9 Å². The van der Waals surface area contributed by atoms with Gasteiger partial charge in [-0.05, 0) is 11.6 Å². The zero-order chi connectivity index (χ0) is 12.8. The maximum absolute atomic E-state index is 11.9. The van der Waals surface area contributed by atoms with Gasteiger partial charge < -0.3 is 15.4 Å². The molecule has 6 heteroatoms. The number of benzene rings is 1. The molecule has 0 aromatic heterocycles. The molecule has 1 aromatic carbocycles. The number of likely N-dealkylation sites (N-methyl/N-ethyl adjacent to an activating group) is 1. The van der Waals surface area contributed by atoms with Gasteiger partial charge in [0, 0.05) is 31.7 Å². The number of nitrogens with two attached hydrogens (primary N) is 1. The van der Waals surface area contributed by atoms with Gasteiger partial charge in [-0.2, -0.15) is 0 Å². The molecule has 0 aliphatic heterocycles. The summed E-state index contributed by atoms with van der Waals surface area (Å²) in [5, 5.41) is 0. The lowest BCUT2D eigenvalue weighted by Crippen LogP contribution is -2.41. The minimum absolute atomic E-state index is 0. The minimum atomic E-state index is -0.567. The summed E-state index contributed by atoms with van der Waals surface area (Å²) in [6, 6.07) is 7.80. The summed E-state index contributed by atoms with van der Waals surface area (Å²) in [7, 11) is 3.23. The van der Waals surface area contributed by atoms with Crippen LogP contribution in [0.3, 0.4) is 0 Å². The highest BCUT2D eigenvalue weighted by Crippen LogP contribution is 2.17. The van der Waals surface area contributed by atoms with Crippen LogP contribution in [0.15, 0.2) is 28.7 Å². The molecule has 4 nitrogen and oxygen atoms in total. The maximum atomic E-state index is 11.9. The van der Waals surface area contributed by atoms with Crippen LogP contribution in [-0.4, -0.2) is 37.6 Å². The van der Waals surface area contributed by atoms with Gasteiger partial charge in [0.15, 0.2) is 0 Å². The largest absolute Gasteiger partial charge is 0.370 e. The van der Waals surface area contributed by atoms with Crippen LogP contribution >= 0.6 is 28.3 Å². The van der Waals surface area contributed by atoms with Crippen molar-refractivity contribution >= 4 is 34.2 Å². The van der Waals surface area contributed by atoms with Crippen LogP contribution in [0.2, 0.25) is 0 Å². The van der Waals surface area contributed by atoms with Gasteiger partial charge in [-0.3, -0.25) is 4.79 Å². The topological polar surface area (TPSA) is 55.6 Å². The third-order valence-electron chi connectivity index (χ3n) is 2.52. The molecule has 102 valence electrons. The monoisotopic (exact) mass is 336 g/mol. The number of ether oxygens (including phenoxy) is 1. The van der Waals surface area contributed by atoms with Gasteiger partial charge in [0.25, 0.3) is 5.91 Å². The molecule has 1 unspecified atom stereocenters. The first-order valence-electron chi connectivity index (χ1n) is 5.31. The van der Waals surface area contributed by atoms with Gasteiger partial charge in [-0.15, -0.1) is 12.4 Å². The summed E-state index contributed by atoms with van der Waals surface area (Å²) in [4.78, 5) is 13.5. The van der Waals surface area contributed by atoms with Crippen molar-refractivity contribution in [3.63, 3.8) is 0 Å². The Balaban J connectivity index is 0.00000289. The van der Waals surface area contributed by atoms with E-state index in [1.165, 1.54) is 7.11 Å². The fourth-order valence-electron chi connectivity index (χ4n) is 1.50. The van der Waals surface area contributed by atoms with Gasteiger partial charge in [0.2, 0.25) is 0 Å². The first-order chi connectivity index (χ1) is 8.10. The van der Waals surface area contributed by atoms with E-state index in [1.807, 2.05) is 24.3 Å². The van der Waals surface area contributed by atoms with E-state index in [1.54, 1.807) is 11.9 Å². The molecular weight excluding hydrogens is 320 g/mol. The third-order valence-corrected chi connectivity index (χ3v) is 3.29. The smallest absolute Gasteiger partial charge is 0.253 e. The molecule has 0 spiro atoms. The molecule has 0 radical (unpaired) electrons. The minimum Gasteiger partial charge on any atom is -0.370 e. The first-order valence-corrected chi connectivity index (χ1v) is 6.10. The van der Waals surface area contributed by atoms with E-state index in [2.05, 4.69) is 15.9 Å². The fourth-order valence-corrected chi connectivity index (χ4v) is 1.91. The average Bonchev–Trinajstić information content (AvgIpc) is 2.33. The van der Waals surface area contributed by atoms with Crippen LogP contribution in [-0.2, 0) is 16.1 Å². The Hall–Kier alpha value is -0.620. The van der Waals surface area contributed by atoms with E-state index < -0.39 is 6.10 Å². The molecule has 0 saturated heterocycles. The highest BCUT2D eigenvalue weighted by atomic mass is 79.9. The highest BCUT2D eigenvalue weighted by molar-refractivity contribution is 9.10. The van der Waals surface area contributed by atoms with E-state index in [0.717, 1.165) is 10.0 Å². The summed E-state index contributed by atoms with van der Waals surface area (Å²) < 4.78 is 6.01. The lowest BCUT2D eigenvalue weighted by Gasteiger charge is -2.22. The predicted molar refractivity (Wildman–Crippen MR) is 77.7 cm³/mol. The number of rotatable bonds is 5. The standard InChI is InChI=1S/C12H17BrN2O2.ClH/c1-15(12(16)11(7-14)17-2)8-9-5-3-4-6-10(9)13;/h3-6,11H,7-8,14H2,1-2H3;1H. The molecule has 2 N–H and O–H groups in total. The van der Waals surface area contributed by atoms with Crippen molar-refractivity contribution in [3.05, 3.63) is 34.3 Å². The predicted octanol–water partition coefficient (Wildman–Crippen LogP) is 1.80. The zero-order valence-corrected chi connectivity index (χ0v) is 12.8. The van der Waals surface area contributed by atoms with Crippen molar-refractivity contribution in [3.8, 4) is 0 Å². The molecule has 1 atom stereocenters. The molecule has 0 saturated carbocycles. The Bertz CT molecular complexity index is 386. The summed E-state index contributed by atoms with van der Waals surface area (Å²) in [5.74, 6) is -0.106. The highest BCUT2D eigenvalue weighted by Gasteiger charge is 2.20. The average molecular weight is 338 g/mol. The molecule has 0 aliphatic carbocycles. The maximum Gasteiger partial charge on any atom is 0.253 e. The van der Waals surface area contributed by atoms with Crippen molar-refractivity contribution < 1.29 is 9.53 Å². The van der Waals surface area contributed by atoms with Crippen molar-refractivity contribution in [2.45, 2.75) is 12.6 Å². The number of halogens is 2. The SMILES string of the molecule is COC(CN)C(=O)N(C)Cc1ccccc1Br.Cl. The van der Waals surface area contributed by atoms with Crippen LogP contribution in [0.25, 0.3) is 0 Å². The lowest BCUT2D eigenvalue weighted by molar-refractivity contribution is -0.140. The second-order valence-corrected chi connectivity index (χ2v) is 4.60. The lowest BCUT2D eigenvalue weighted by atomic mass is 10.2. The molecule has 1 amide bonds. The quantitative estimate of drug-likeness (QED) is 0.891. The van der Waals surface area contributed by atoms with Gasteiger partial charge >= 0.3 is 0 Å². The summed E-state index contributed by atoms with van der Waals surface area (Å²) in [6.45, 7) is 0.718. The van der Waals surface area contributed by atoms with Crippen LogP contribution in [0, 0.1) is 0 Å². The number of methoxy groups -OCH3 is 1. The molecule has 18 heavy (non-hydrogen) atoms. The number of amides is 1. The van der Waals surface area contributed by atoms with Crippen molar-refractivity contribution in [2.75, 3.05) is 20.7 Å². The van der Waals surface area contributed by atoms with Gasteiger partial charge in [0.05, 0.1) is 0 Å². The molecule has 0 fully saturated rings. The van der Waals surface area contributed by atoms with E-state index in [4.69, 9.17) is 10.5 Å². The molecule has 0 aliphatic rings. The molecule has 0 heterocycles. The Morgan fingerprint density at radius 1 is 1.50 bits per heavy atom. The fraction of sp³-hybridized carbons (Fsp3) is 0.417. The summed E-state index contributed by atoms with van der Waals surface area (Å²) in [6.07, 6.45) is -0.567. The molecule has 1 rings (SSSR count). The Morgan fingerprint density at radius 3 is 2.61 bits per heavy atom. The Kier molecular flexibility index (Phi) is 8.18. The van der Waals surface area contributed by atoms with E-state index in [9.17, 15) is 4.79 Å². The zero-order valence-electron chi connectivity index (χ0n) is 10.4. The van der Waals surface area contributed by atoms with Crippen molar-refractivity contribution in [1.29, 1.82) is 0 Å². The van der Waals surface area contributed by atoms with Crippen molar-refractivity contribution in [1.82, 2.24) is 4.90 Å². The number of carbonyl (C=O) groups excluding carboxylic acids is 1. The van der Waals surface area contributed by atoms with Crippen LogP contribution in [0.1, 0.15) is 5.56 Å².